The van der Waals surface area contributed by atoms with Crippen molar-refractivity contribution in [2.24, 2.45) is 0 Å². The van der Waals surface area contributed by atoms with E-state index in [-0.39, 0.29) is 34.5 Å². The molecule has 2 heterocycles. The molecule has 0 spiro atoms. The number of rotatable bonds is 4. The fourth-order valence-electron chi connectivity index (χ4n) is 3.62. The maximum atomic E-state index is 13.3. The number of β-amino-alcohol motifs (C(OH)–C–C–N with tert-alkyl or cyclic N) is 1. The number of hydrogen-bond donors (Lipinski definition) is 1. The standard InChI is InChI=1S/C20H15ClN2O6/c1-10(24)9-22-17(11-3-2-4-13(7-11)23(27)28)16-18(25)14-8-12(21)5-6-15(14)29-19(16)20(22)26/h2-8,10,17,24H,9H2,1H3. The minimum atomic E-state index is -0.924. The van der Waals surface area contributed by atoms with Gasteiger partial charge in [0, 0.05) is 23.7 Å². The van der Waals surface area contributed by atoms with E-state index in [2.05, 4.69) is 0 Å². The van der Waals surface area contributed by atoms with Crippen molar-refractivity contribution in [3.05, 3.63) is 84.7 Å². The Bertz CT molecular complexity index is 1220. The van der Waals surface area contributed by atoms with E-state index in [9.17, 15) is 24.8 Å². The summed E-state index contributed by atoms with van der Waals surface area (Å²) in [5.41, 5.74) is 0.0463. The topological polar surface area (TPSA) is 114 Å². The van der Waals surface area contributed by atoms with Crippen LogP contribution in [0.1, 0.15) is 34.6 Å². The average Bonchev–Trinajstić information content (AvgIpc) is 2.94. The van der Waals surface area contributed by atoms with E-state index in [0.717, 1.165) is 0 Å². The Balaban J connectivity index is 2.00. The fourth-order valence-corrected chi connectivity index (χ4v) is 3.79. The first-order chi connectivity index (χ1) is 13.8. The number of nitrogens with zero attached hydrogens (tertiary/aromatic N) is 2. The molecule has 3 aromatic rings. The van der Waals surface area contributed by atoms with Crippen molar-refractivity contribution in [3.63, 3.8) is 0 Å². The van der Waals surface area contributed by atoms with Gasteiger partial charge < -0.3 is 14.4 Å². The molecule has 0 saturated carbocycles. The first-order valence-electron chi connectivity index (χ1n) is 8.77. The van der Waals surface area contributed by atoms with Crippen molar-refractivity contribution in [3.8, 4) is 0 Å². The number of benzene rings is 2. The lowest BCUT2D eigenvalue weighted by Gasteiger charge is -2.26. The van der Waals surface area contributed by atoms with Crippen molar-refractivity contribution in [1.82, 2.24) is 4.90 Å². The van der Waals surface area contributed by atoms with E-state index >= 15 is 0 Å². The molecule has 29 heavy (non-hydrogen) atoms. The Morgan fingerprint density at radius 1 is 1.28 bits per heavy atom. The highest BCUT2D eigenvalue weighted by molar-refractivity contribution is 6.31. The van der Waals surface area contributed by atoms with Crippen LogP contribution >= 0.6 is 11.6 Å². The van der Waals surface area contributed by atoms with Crippen LogP contribution in [-0.2, 0) is 0 Å². The molecule has 9 heteroatoms. The van der Waals surface area contributed by atoms with Crippen molar-refractivity contribution in [2.45, 2.75) is 19.1 Å². The van der Waals surface area contributed by atoms with Gasteiger partial charge in [-0.1, -0.05) is 23.7 Å². The monoisotopic (exact) mass is 414 g/mol. The first-order valence-corrected chi connectivity index (χ1v) is 9.15. The molecule has 0 saturated heterocycles. The lowest BCUT2D eigenvalue weighted by atomic mass is 9.98. The summed E-state index contributed by atoms with van der Waals surface area (Å²) in [6.45, 7) is 1.43. The van der Waals surface area contributed by atoms with Gasteiger partial charge in [-0.3, -0.25) is 19.7 Å². The number of fused-ring (bicyclic) bond motifs is 2. The van der Waals surface area contributed by atoms with Crippen LogP contribution in [0.2, 0.25) is 5.02 Å². The molecule has 2 aromatic carbocycles. The van der Waals surface area contributed by atoms with Gasteiger partial charge in [-0.25, -0.2) is 0 Å². The molecular formula is C20H15ClN2O6. The smallest absolute Gasteiger partial charge is 0.290 e. The Hall–Kier alpha value is -3.23. The van der Waals surface area contributed by atoms with Gasteiger partial charge in [-0.05, 0) is 30.7 Å². The molecule has 2 atom stereocenters. The number of carbonyl (C=O) groups is 1. The Morgan fingerprint density at radius 3 is 2.72 bits per heavy atom. The Kier molecular flexibility index (Phi) is 4.60. The lowest BCUT2D eigenvalue weighted by molar-refractivity contribution is -0.384. The van der Waals surface area contributed by atoms with Gasteiger partial charge in [-0.15, -0.1) is 0 Å². The molecule has 1 aliphatic heterocycles. The molecule has 0 radical (unpaired) electrons. The Morgan fingerprint density at radius 2 is 2.03 bits per heavy atom. The number of nitro benzene ring substituents is 1. The van der Waals surface area contributed by atoms with Crippen LogP contribution < -0.4 is 5.43 Å². The van der Waals surface area contributed by atoms with Gasteiger partial charge in [0.15, 0.2) is 5.43 Å². The molecule has 0 aliphatic carbocycles. The highest BCUT2D eigenvalue weighted by Gasteiger charge is 2.43. The summed E-state index contributed by atoms with van der Waals surface area (Å²) in [5.74, 6) is -0.701. The number of aliphatic hydroxyl groups excluding tert-OH is 1. The van der Waals surface area contributed by atoms with Crippen LogP contribution in [0.25, 0.3) is 11.0 Å². The zero-order valence-electron chi connectivity index (χ0n) is 15.2. The summed E-state index contributed by atoms with van der Waals surface area (Å²) in [6, 6.07) is 9.29. The van der Waals surface area contributed by atoms with Crippen LogP contribution in [0.4, 0.5) is 5.69 Å². The number of aliphatic hydroxyl groups is 1. The fraction of sp³-hybridized carbons (Fsp3) is 0.200. The molecule has 8 nitrogen and oxygen atoms in total. The molecule has 0 bridgehead atoms. The molecule has 1 amide bonds. The number of carbonyl (C=O) groups excluding carboxylic acids is 1. The molecule has 1 aromatic heterocycles. The van der Waals surface area contributed by atoms with E-state index in [1.165, 1.54) is 42.2 Å². The molecule has 1 aliphatic rings. The molecule has 148 valence electrons. The second-order valence-electron chi connectivity index (χ2n) is 6.88. The third kappa shape index (κ3) is 3.16. The average molecular weight is 415 g/mol. The van der Waals surface area contributed by atoms with Crippen LogP contribution in [0.5, 0.6) is 0 Å². The van der Waals surface area contributed by atoms with Crippen LogP contribution in [0, 0.1) is 10.1 Å². The van der Waals surface area contributed by atoms with E-state index < -0.39 is 28.4 Å². The normalized spacial score (nSPS) is 16.9. The predicted octanol–water partition coefficient (Wildman–Crippen LogP) is 3.28. The summed E-state index contributed by atoms with van der Waals surface area (Å²) in [7, 11) is 0. The zero-order chi connectivity index (χ0) is 20.9. The van der Waals surface area contributed by atoms with E-state index in [1.807, 2.05) is 0 Å². The maximum Gasteiger partial charge on any atom is 0.290 e. The largest absolute Gasteiger partial charge is 0.450 e. The highest BCUT2D eigenvalue weighted by atomic mass is 35.5. The van der Waals surface area contributed by atoms with Gasteiger partial charge in [0.25, 0.3) is 11.6 Å². The molecular weight excluding hydrogens is 400 g/mol. The van der Waals surface area contributed by atoms with Crippen LogP contribution in [0.15, 0.2) is 51.7 Å². The van der Waals surface area contributed by atoms with Crippen molar-refractivity contribution >= 4 is 34.2 Å². The highest BCUT2D eigenvalue weighted by Crippen LogP contribution is 2.39. The van der Waals surface area contributed by atoms with E-state index in [4.69, 9.17) is 16.0 Å². The summed E-state index contributed by atoms with van der Waals surface area (Å²) in [6.07, 6.45) is -0.881. The minimum Gasteiger partial charge on any atom is -0.450 e. The van der Waals surface area contributed by atoms with E-state index in [1.54, 1.807) is 12.1 Å². The predicted molar refractivity (Wildman–Crippen MR) is 105 cm³/mol. The summed E-state index contributed by atoms with van der Waals surface area (Å²) >= 11 is 6.01. The quantitative estimate of drug-likeness (QED) is 0.517. The summed E-state index contributed by atoms with van der Waals surface area (Å²) in [4.78, 5) is 38.2. The van der Waals surface area contributed by atoms with Crippen molar-refractivity contribution in [2.75, 3.05) is 6.54 Å². The number of halogens is 1. The van der Waals surface area contributed by atoms with Gasteiger partial charge in [0.05, 0.1) is 28.0 Å². The number of nitro groups is 1. The van der Waals surface area contributed by atoms with Crippen LogP contribution in [-0.4, -0.2) is 33.5 Å². The minimum absolute atomic E-state index is 0.0749. The second-order valence-corrected chi connectivity index (χ2v) is 7.31. The summed E-state index contributed by atoms with van der Waals surface area (Å²) < 4.78 is 5.73. The molecule has 1 N–H and O–H groups in total. The molecule has 2 unspecified atom stereocenters. The number of amides is 1. The molecule has 0 fully saturated rings. The zero-order valence-corrected chi connectivity index (χ0v) is 15.9. The van der Waals surface area contributed by atoms with Gasteiger partial charge >= 0.3 is 0 Å². The third-order valence-electron chi connectivity index (χ3n) is 4.79. The number of hydrogen-bond acceptors (Lipinski definition) is 6. The Labute approximate surface area is 169 Å². The van der Waals surface area contributed by atoms with Gasteiger partial charge in [-0.2, -0.15) is 0 Å². The summed E-state index contributed by atoms with van der Waals surface area (Å²) in [5, 5.41) is 21.6. The van der Waals surface area contributed by atoms with Crippen LogP contribution in [0.3, 0.4) is 0 Å². The first kappa shape index (κ1) is 19.1. The molecule has 4 rings (SSSR count). The second kappa shape index (κ2) is 6.98. The lowest BCUT2D eigenvalue weighted by Crippen LogP contribution is -2.35. The number of non-ortho nitro benzene ring substituents is 1. The van der Waals surface area contributed by atoms with Crippen molar-refractivity contribution in [1.29, 1.82) is 0 Å². The third-order valence-corrected chi connectivity index (χ3v) is 5.02. The van der Waals surface area contributed by atoms with Crippen molar-refractivity contribution < 1.29 is 19.2 Å². The SMILES string of the molecule is CC(O)CN1C(=O)c2oc3ccc(Cl)cc3c(=O)c2C1c1cccc([N+](=O)[O-])c1. The van der Waals surface area contributed by atoms with Gasteiger partial charge in [0.1, 0.15) is 5.58 Å². The van der Waals surface area contributed by atoms with E-state index in [0.29, 0.717) is 10.6 Å². The maximum absolute atomic E-state index is 13.3. The van der Waals surface area contributed by atoms with Gasteiger partial charge in [0.2, 0.25) is 5.76 Å².